The van der Waals surface area contributed by atoms with Crippen molar-refractivity contribution in [1.29, 1.82) is 0 Å². The van der Waals surface area contributed by atoms with Gasteiger partial charge in [-0.05, 0) is 36.9 Å². The molecule has 0 aromatic carbocycles. The second-order valence-corrected chi connectivity index (χ2v) is 5.76. The van der Waals surface area contributed by atoms with E-state index in [1.165, 1.54) is 0 Å². The van der Waals surface area contributed by atoms with E-state index in [2.05, 4.69) is 29.4 Å². The minimum atomic E-state index is 0.0128. The van der Waals surface area contributed by atoms with E-state index in [4.69, 9.17) is 5.73 Å². The molecule has 0 saturated carbocycles. The number of nitrogens with two attached hydrogens (primary N) is 1. The lowest BCUT2D eigenvalue weighted by atomic mass is 9.94. The predicted molar refractivity (Wildman–Crippen MR) is 81.5 cm³/mol. The van der Waals surface area contributed by atoms with Gasteiger partial charge in [-0.2, -0.15) is 0 Å². The van der Waals surface area contributed by atoms with Crippen LogP contribution in [-0.2, 0) is 11.3 Å². The summed E-state index contributed by atoms with van der Waals surface area (Å²) in [5.74, 6) is 1.53. The summed E-state index contributed by atoms with van der Waals surface area (Å²) < 4.78 is 1.87. The normalized spacial score (nSPS) is 12.8. The van der Waals surface area contributed by atoms with E-state index < -0.39 is 0 Å². The highest BCUT2D eigenvalue weighted by Gasteiger charge is 2.14. The third-order valence-corrected chi connectivity index (χ3v) is 3.44. The molecule has 6 nitrogen and oxygen atoms in total. The molecular formula is C15H23N5O. The average molecular weight is 289 g/mol. The van der Waals surface area contributed by atoms with Crippen molar-refractivity contribution in [2.75, 3.05) is 6.54 Å². The first-order chi connectivity index (χ1) is 10.1. The zero-order chi connectivity index (χ0) is 15.2. The molecule has 0 fully saturated rings. The van der Waals surface area contributed by atoms with Crippen LogP contribution in [0.3, 0.4) is 0 Å². The molecule has 3 N–H and O–H groups in total. The molecule has 0 aliphatic rings. The van der Waals surface area contributed by atoms with Gasteiger partial charge in [-0.15, -0.1) is 10.2 Å². The van der Waals surface area contributed by atoms with E-state index in [0.29, 0.717) is 25.4 Å². The van der Waals surface area contributed by atoms with Crippen LogP contribution in [0.15, 0.2) is 24.4 Å². The topological polar surface area (TPSA) is 85.3 Å². The van der Waals surface area contributed by atoms with Crippen molar-refractivity contribution in [3.05, 3.63) is 30.2 Å². The van der Waals surface area contributed by atoms with Gasteiger partial charge in [-0.1, -0.05) is 19.9 Å². The SMILES string of the molecule is CC(C)C[C@H](CN)CC(=O)NCc1nnc2ccccn12. The summed E-state index contributed by atoms with van der Waals surface area (Å²) in [7, 11) is 0. The zero-order valence-corrected chi connectivity index (χ0v) is 12.6. The monoisotopic (exact) mass is 289 g/mol. The lowest BCUT2D eigenvalue weighted by Gasteiger charge is -2.16. The molecule has 0 bridgehead atoms. The summed E-state index contributed by atoms with van der Waals surface area (Å²) in [6.07, 6.45) is 3.32. The molecule has 0 aliphatic carbocycles. The van der Waals surface area contributed by atoms with Gasteiger partial charge in [0, 0.05) is 12.6 Å². The van der Waals surface area contributed by atoms with Gasteiger partial charge in [0.25, 0.3) is 0 Å². The number of nitrogens with zero attached hydrogens (tertiary/aromatic N) is 3. The van der Waals surface area contributed by atoms with Crippen LogP contribution in [0, 0.1) is 11.8 Å². The number of amides is 1. The Hall–Kier alpha value is -1.95. The van der Waals surface area contributed by atoms with Gasteiger partial charge in [0.15, 0.2) is 11.5 Å². The molecule has 21 heavy (non-hydrogen) atoms. The van der Waals surface area contributed by atoms with E-state index in [9.17, 15) is 4.79 Å². The fourth-order valence-electron chi connectivity index (χ4n) is 2.45. The molecule has 2 heterocycles. The summed E-state index contributed by atoms with van der Waals surface area (Å²) in [4.78, 5) is 12.0. The molecule has 0 aliphatic heterocycles. The molecule has 0 saturated heterocycles. The fourth-order valence-corrected chi connectivity index (χ4v) is 2.45. The quantitative estimate of drug-likeness (QED) is 0.806. The van der Waals surface area contributed by atoms with Gasteiger partial charge in [-0.3, -0.25) is 9.20 Å². The molecule has 0 radical (unpaired) electrons. The second kappa shape index (κ2) is 7.17. The number of aromatic nitrogens is 3. The fraction of sp³-hybridized carbons (Fsp3) is 0.533. The smallest absolute Gasteiger partial charge is 0.220 e. The molecule has 114 valence electrons. The van der Waals surface area contributed by atoms with Crippen LogP contribution in [0.2, 0.25) is 0 Å². The van der Waals surface area contributed by atoms with Gasteiger partial charge in [-0.25, -0.2) is 0 Å². The first kappa shape index (κ1) is 15.4. The van der Waals surface area contributed by atoms with Crippen LogP contribution in [0.1, 0.15) is 32.5 Å². The van der Waals surface area contributed by atoms with Crippen molar-refractivity contribution < 1.29 is 4.79 Å². The third kappa shape index (κ3) is 4.26. The molecule has 2 aromatic heterocycles. The van der Waals surface area contributed by atoms with Crippen LogP contribution in [0.25, 0.3) is 5.65 Å². The van der Waals surface area contributed by atoms with Crippen molar-refractivity contribution in [2.45, 2.75) is 33.2 Å². The Labute approximate surface area is 124 Å². The number of carbonyl (C=O) groups is 1. The summed E-state index contributed by atoms with van der Waals surface area (Å²) in [5.41, 5.74) is 6.51. The molecule has 1 atom stereocenters. The maximum absolute atomic E-state index is 12.0. The Kier molecular flexibility index (Phi) is 5.27. The first-order valence-corrected chi connectivity index (χ1v) is 7.35. The molecule has 0 unspecified atom stereocenters. The van der Waals surface area contributed by atoms with Crippen molar-refractivity contribution in [1.82, 2.24) is 19.9 Å². The lowest BCUT2D eigenvalue weighted by Crippen LogP contribution is -2.29. The van der Waals surface area contributed by atoms with Gasteiger partial charge in [0.1, 0.15) is 0 Å². The number of rotatable bonds is 7. The van der Waals surface area contributed by atoms with Gasteiger partial charge in [0.2, 0.25) is 5.91 Å². The van der Waals surface area contributed by atoms with Crippen LogP contribution >= 0.6 is 0 Å². The van der Waals surface area contributed by atoms with Crippen molar-refractivity contribution >= 4 is 11.6 Å². The summed E-state index contributed by atoms with van der Waals surface area (Å²) in [6, 6.07) is 5.70. The summed E-state index contributed by atoms with van der Waals surface area (Å²) in [6.45, 7) is 5.20. The van der Waals surface area contributed by atoms with Crippen LogP contribution < -0.4 is 11.1 Å². The van der Waals surface area contributed by atoms with Crippen LogP contribution in [-0.4, -0.2) is 27.0 Å². The Morgan fingerprint density at radius 3 is 2.90 bits per heavy atom. The third-order valence-electron chi connectivity index (χ3n) is 3.44. The minimum Gasteiger partial charge on any atom is -0.349 e. The van der Waals surface area contributed by atoms with E-state index in [1.54, 1.807) is 0 Å². The highest BCUT2D eigenvalue weighted by molar-refractivity contribution is 5.76. The van der Waals surface area contributed by atoms with E-state index in [1.807, 2.05) is 28.8 Å². The van der Waals surface area contributed by atoms with Crippen molar-refractivity contribution in [3.63, 3.8) is 0 Å². The van der Waals surface area contributed by atoms with Crippen molar-refractivity contribution in [2.24, 2.45) is 17.6 Å². The van der Waals surface area contributed by atoms with Gasteiger partial charge in [0.05, 0.1) is 6.54 Å². The van der Waals surface area contributed by atoms with Gasteiger partial charge >= 0.3 is 0 Å². The molecule has 6 heteroatoms. The number of hydrogen-bond donors (Lipinski definition) is 2. The van der Waals surface area contributed by atoms with E-state index >= 15 is 0 Å². The Balaban J connectivity index is 1.89. The molecular weight excluding hydrogens is 266 g/mol. The number of fused-ring (bicyclic) bond motifs is 1. The van der Waals surface area contributed by atoms with Crippen LogP contribution in [0.4, 0.5) is 0 Å². The first-order valence-electron chi connectivity index (χ1n) is 7.35. The maximum Gasteiger partial charge on any atom is 0.220 e. The zero-order valence-electron chi connectivity index (χ0n) is 12.6. The highest BCUT2D eigenvalue weighted by Crippen LogP contribution is 2.14. The minimum absolute atomic E-state index is 0.0128. The van der Waals surface area contributed by atoms with E-state index in [0.717, 1.165) is 17.9 Å². The average Bonchev–Trinajstić information content (AvgIpc) is 2.87. The standard InChI is InChI=1S/C15H23N5O/c1-11(2)7-12(9-16)8-15(21)17-10-14-19-18-13-5-3-4-6-20(13)14/h3-6,11-12H,7-10,16H2,1-2H3,(H,17,21)/t12-/m0/s1. The Morgan fingerprint density at radius 1 is 1.38 bits per heavy atom. The highest BCUT2D eigenvalue weighted by atomic mass is 16.1. The molecule has 2 rings (SSSR count). The van der Waals surface area contributed by atoms with Crippen molar-refractivity contribution in [3.8, 4) is 0 Å². The summed E-state index contributed by atoms with van der Waals surface area (Å²) >= 11 is 0. The number of carbonyl (C=O) groups excluding carboxylic acids is 1. The summed E-state index contributed by atoms with van der Waals surface area (Å²) in [5, 5.41) is 11.0. The van der Waals surface area contributed by atoms with E-state index in [-0.39, 0.29) is 11.8 Å². The Morgan fingerprint density at radius 2 is 2.19 bits per heavy atom. The number of nitrogens with one attached hydrogen (secondary N) is 1. The lowest BCUT2D eigenvalue weighted by molar-refractivity contribution is -0.122. The maximum atomic E-state index is 12.0. The predicted octanol–water partition coefficient (Wildman–Crippen LogP) is 1.36. The molecule has 0 spiro atoms. The second-order valence-electron chi connectivity index (χ2n) is 5.76. The Bertz CT molecular complexity index is 593. The largest absolute Gasteiger partial charge is 0.349 e. The molecule has 1 amide bonds. The van der Waals surface area contributed by atoms with Crippen LogP contribution in [0.5, 0.6) is 0 Å². The molecule has 2 aromatic rings. The number of pyridine rings is 1. The number of hydrogen-bond acceptors (Lipinski definition) is 4. The van der Waals surface area contributed by atoms with Gasteiger partial charge < -0.3 is 11.1 Å².